The van der Waals surface area contributed by atoms with Crippen LogP contribution in [0.15, 0.2) is 48.5 Å². The molecule has 2 rings (SSSR count). The van der Waals surface area contributed by atoms with E-state index in [1.54, 1.807) is 24.3 Å². The molecule has 4 nitrogen and oxygen atoms in total. The van der Waals surface area contributed by atoms with Gasteiger partial charge in [-0.25, -0.2) is 0 Å². The highest BCUT2D eigenvalue weighted by atomic mass is 79.9. The molecule has 0 aliphatic heterocycles. The maximum atomic E-state index is 12.1. The minimum atomic E-state index is -4.72. The van der Waals surface area contributed by atoms with Gasteiger partial charge in [-0.3, -0.25) is 4.79 Å². The maximum Gasteiger partial charge on any atom is 0.573 e. The van der Waals surface area contributed by atoms with E-state index in [1.807, 2.05) is 0 Å². The lowest BCUT2D eigenvalue weighted by atomic mass is 10.3. The summed E-state index contributed by atoms with van der Waals surface area (Å²) < 4.78 is 45.5. The van der Waals surface area contributed by atoms with Crippen molar-refractivity contribution in [3.05, 3.63) is 48.5 Å². The van der Waals surface area contributed by atoms with E-state index in [2.05, 4.69) is 26.0 Å². The molecule has 0 saturated heterocycles. The smallest absolute Gasteiger partial charge is 0.457 e. The highest BCUT2D eigenvalue weighted by Gasteiger charge is 2.30. The monoisotopic (exact) mass is 403 g/mol. The largest absolute Gasteiger partial charge is 0.573 e. The van der Waals surface area contributed by atoms with Gasteiger partial charge in [0.25, 0.3) is 0 Å². The van der Waals surface area contributed by atoms with Gasteiger partial charge in [0, 0.05) is 17.4 Å². The summed E-state index contributed by atoms with van der Waals surface area (Å²) in [5, 5.41) is 3.29. The van der Waals surface area contributed by atoms with Crippen LogP contribution in [0.3, 0.4) is 0 Å². The van der Waals surface area contributed by atoms with E-state index in [0.717, 1.165) is 12.1 Å². The van der Waals surface area contributed by atoms with Gasteiger partial charge in [0.05, 0.1) is 0 Å². The molecule has 2 aromatic rings. The molecule has 0 fully saturated rings. The Kier molecular flexibility index (Phi) is 6.08. The summed E-state index contributed by atoms with van der Waals surface area (Å²) in [6.45, 7) is 0. The molecule has 8 heteroatoms. The second kappa shape index (κ2) is 8.05. The molecule has 0 heterocycles. The maximum absolute atomic E-state index is 12.1. The van der Waals surface area contributed by atoms with Crippen molar-refractivity contribution in [1.82, 2.24) is 0 Å². The van der Waals surface area contributed by atoms with E-state index >= 15 is 0 Å². The Hall–Kier alpha value is -2.22. The van der Waals surface area contributed by atoms with Crippen LogP contribution in [0.1, 0.15) is 6.42 Å². The Morgan fingerprint density at radius 1 is 0.958 bits per heavy atom. The standard InChI is InChI=1S/C16H13BrF3NO3/c17-10-9-15(22)21-11-1-3-12(4-2-11)23-13-5-7-14(8-6-13)24-16(18,19)20/h1-8H,9-10H2,(H,21,22). The highest BCUT2D eigenvalue weighted by Crippen LogP contribution is 2.27. The van der Waals surface area contributed by atoms with Crippen molar-refractivity contribution in [2.75, 3.05) is 10.6 Å². The predicted molar refractivity (Wildman–Crippen MR) is 86.7 cm³/mol. The van der Waals surface area contributed by atoms with Crippen LogP contribution in [0.4, 0.5) is 18.9 Å². The molecule has 0 aliphatic rings. The lowest BCUT2D eigenvalue weighted by molar-refractivity contribution is -0.274. The number of nitrogens with one attached hydrogen (secondary N) is 1. The Morgan fingerprint density at radius 2 is 1.46 bits per heavy atom. The van der Waals surface area contributed by atoms with Crippen LogP contribution in [-0.2, 0) is 4.79 Å². The molecule has 0 atom stereocenters. The molecule has 0 spiro atoms. The number of amides is 1. The molecule has 0 unspecified atom stereocenters. The van der Waals surface area contributed by atoms with Crippen molar-refractivity contribution >= 4 is 27.5 Å². The van der Waals surface area contributed by atoms with Crippen LogP contribution < -0.4 is 14.8 Å². The first kappa shape index (κ1) is 18.1. The van der Waals surface area contributed by atoms with E-state index in [4.69, 9.17) is 4.74 Å². The summed E-state index contributed by atoms with van der Waals surface area (Å²) in [6, 6.07) is 11.7. The van der Waals surface area contributed by atoms with Crippen LogP contribution in [0.5, 0.6) is 17.2 Å². The van der Waals surface area contributed by atoms with Crippen molar-refractivity contribution < 1.29 is 27.4 Å². The topological polar surface area (TPSA) is 47.6 Å². The number of rotatable bonds is 6. The van der Waals surface area contributed by atoms with Gasteiger partial charge in [-0.1, -0.05) is 15.9 Å². The number of ether oxygens (including phenoxy) is 2. The van der Waals surface area contributed by atoms with Crippen LogP contribution in [-0.4, -0.2) is 17.6 Å². The van der Waals surface area contributed by atoms with Crippen molar-refractivity contribution in [1.29, 1.82) is 0 Å². The fourth-order valence-electron chi connectivity index (χ4n) is 1.76. The highest BCUT2D eigenvalue weighted by molar-refractivity contribution is 9.09. The molecule has 24 heavy (non-hydrogen) atoms. The number of alkyl halides is 4. The zero-order chi connectivity index (χ0) is 17.6. The summed E-state index contributed by atoms with van der Waals surface area (Å²) in [4.78, 5) is 11.5. The van der Waals surface area contributed by atoms with Gasteiger partial charge in [0.15, 0.2) is 0 Å². The SMILES string of the molecule is O=C(CCBr)Nc1ccc(Oc2ccc(OC(F)(F)F)cc2)cc1. The molecule has 128 valence electrons. The lowest BCUT2D eigenvalue weighted by Gasteiger charge is -2.10. The number of anilines is 1. The van der Waals surface area contributed by atoms with Crippen LogP contribution >= 0.6 is 15.9 Å². The van der Waals surface area contributed by atoms with Gasteiger partial charge in [0.1, 0.15) is 17.2 Å². The molecule has 0 aliphatic carbocycles. The lowest BCUT2D eigenvalue weighted by Crippen LogP contribution is -2.16. The van der Waals surface area contributed by atoms with Crippen molar-refractivity contribution in [2.24, 2.45) is 0 Å². The Bertz CT molecular complexity index is 672. The number of hydrogen-bond donors (Lipinski definition) is 1. The Labute approximate surface area is 144 Å². The number of carbonyl (C=O) groups is 1. The second-order valence-corrected chi connectivity index (χ2v) is 5.43. The molecular formula is C16H13BrF3NO3. The Morgan fingerprint density at radius 3 is 1.96 bits per heavy atom. The van der Waals surface area contributed by atoms with Crippen molar-refractivity contribution in [3.63, 3.8) is 0 Å². The quantitative estimate of drug-likeness (QED) is 0.682. The normalized spacial score (nSPS) is 11.0. The molecule has 1 N–H and O–H groups in total. The Balaban J connectivity index is 1.95. The molecule has 0 bridgehead atoms. The van der Waals surface area contributed by atoms with E-state index in [0.29, 0.717) is 28.9 Å². The summed E-state index contributed by atoms with van der Waals surface area (Å²) in [5.74, 6) is 0.416. The van der Waals surface area contributed by atoms with Crippen LogP contribution in [0, 0.1) is 0 Å². The third-order valence-corrected chi connectivity index (χ3v) is 3.15. The number of hydrogen-bond acceptors (Lipinski definition) is 3. The van der Waals surface area contributed by atoms with Crippen molar-refractivity contribution in [3.8, 4) is 17.2 Å². The predicted octanol–water partition coefficient (Wildman–Crippen LogP) is 5.10. The summed E-state index contributed by atoms with van der Waals surface area (Å²) in [6.07, 6.45) is -4.36. The van der Waals surface area contributed by atoms with E-state index < -0.39 is 6.36 Å². The zero-order valence-corrected chi connectivity index (χ0v) is 13.9. The van der Waals surface area contributed by atoms with Gasteiger partial charge in [-0.15, -0.1) is 13.2 Å². The summed E-state index contributed by atoms with van der Waals surface area (Å²) >= 11 is 3.18. The third-order valence-electron chi connectivity index (χ3n) is 2.75. The average molecular weight is 404 g/mol. The molecule has 0 radical (unpaired) electrons. The van der Waals surface area contributed by atoms with Gasteiger partial charge in [-0.05, 0) is 48.5 Å². The second-order valence-electron chi connectivity index (χ2n) is 4.63. The number of halogens is 4. The van der Waals surface area contributed by atoms with Gasteiger partial charge in [0.2, 0.25) is 5.91 Å². The fourth-order valence-corrected chi connectivity index (χ4v) is 2.12. The third kappa shape index (κ3) is 6.11. The van der Waals surface area contributed by atoms with Crippen molar-refractivity contribution in [2.45, 2.75) is 12.8 Å². The minimum Gasteiger partial charge on any atom is -0.457 e. The molecule has 0 saturated carbocycles. The molecule has 2 aromatic carbocycles. The van der Waals surface area contributed by atoms with Gasteiger partial charge >= 0.3 is 6.36 Å². The van der Waals surface area contributed by atoms with E-state index in [-0.39, 0.29) is 11.7 Å². The average Bonchev–Trinajstić information content (AvgIpc) is 2.50. The number of benzene rings is 2. The minimum absolute atomic E-state index is 0.110. The van der Waals surface area contributed by atoms with E-state index in [9.17, 15) is 18.0 Å². The first-order valence-corrected chi connectivity index (χ1v) is 7.97. The first-order chi connectivity index (χ1) is 11.4. The molecular weight excluding hydrogens is 391 g/mol. The van der Waals surface area contributed by atoms with Gasteiger partial charge < -0.3 is 14.8 Å². The number of carbonyl (C=O) groups excluding carboxylic acids is 1. The van der Waals surface area contributed by atoms with Crippen LogP contribution in [0.2, 0.25) is 0 Å². The zero-order valence-electron chi connectivity index (χ0n) is 12.3. The summed E-state index contributed by atoms with van der Waals surface area (Å²) in [5.41, 5.74) is 0.627. The molecule has 1 amide bonds. The van der Waals surface area contributed by atoms with Gasteiger partial charge in [-0.2, -0.15) is 0 Å². The van der Waals surface area contributed by atoms with E-state index in [1.165, 1.54) is 12.1 Å². The first-order valence-electron chi connectivity index (χ1n) is 6.85. The summed E-state index contributed by atoms with van der Waals surface area (Å²) in [7, 11) is 0. The van der Waals surface area contributed by atoms with Crippen LogP contribution in [0.25, 0.3) is 0 Å². The molecule has 0 aromatic heterocycles. The fraction of sp³-hybridized carbons (Fsp3) is 0.188.